The fraction of sp³-hybridized carbons (Fsp3) is 0.269. The number of carbonyl (C=O) groups is 2. The second kappa shape index (κ2) is 12.3. The van der Waals surface area contributed by atoms with Crippen LogP contribution in [-0.2, 0) is 19.2 Å². The quantitative estimate of drug-likeness (QED) is 0.136. The van der Waals surface area contributed by atoms with Crippen molar-refractivity contribution < 1.29 is 32.7 Å². The van der Waals surface area contributed by atoms with Gasteiger partial charge in [0.2, 0.25) is 17.7 Å². The maximum atomic E-state index is 14.9. The first-order valence-corrected chi connectivity index (χ1v) is 11.9. The monoisotopic (exact) mass is 540 g/mol. The van der Waals surface area contributed by atoms with E-state index in [1.165, 1.54) is 42.6 Å². The molecule has 1 heterocycles. The number of methoxy groups -OCH3 is 1. The highest BCUT2D eigenvalue weighted by Crippen LogP contribution is 2.47. The van der Waals surface area contributed by atoms with Crippen molar-refractivity contribution in [2.75, 3.05) is 36.7 Å². The summed E-state index contributed by atoms with van der Waals surface area (Å²) in [4.78, 5) is 38.6. The van der Waals surface area contributed by atoms with Gasteiger partial charge < -0.3 is 30.7 Å². The molecule has 2 aromatic carbocycles. The highest BCUT2D eigenvalue weighted by molar-refractivity contribution is 6.16. The van der Waals surface area contributed by atoms with Crippen molar-refractivity contribution in [2.24, 2.45) is 10.6 Å². The molecule has 0 saturated heterocycles. The van der Waals surface area contributed by atoms with Gasteiger partial charge in [-0.15, -0.1) is 0 Å². The Kier molecular flexibility index (Phi) is 8.61. The number of nitrogen functional groups attached to an aromatic ring is 1. The molecule has 0 spiro atoms. The second-order valence-electron chi connectivity index (χ2n) is 8.64. The molecule has 1 aliphatic carbocycles. The first-order chi connectivity index (χ1) is 18.8. The van der Waals surface area contributed by atoms with Crippen molar-refractivity contribution >= 4 is 35.2 Å². The predicted molar refractivity (Wildman–Crippen MR) is 138 cm³/mol. The number of anilines is 3. The number of ether oxygens (including phenoxy) is 2. The van der Waals surface area contributed by atoms with Gasteiger partial charge in [0.05, 0.1) is 6.21 Å². The largest absolute Gasteiger partial charge is 0.435 e. The number of nitrogens with two attached hydrogens (primary N) is 1. The van der Waals surface area contributed by atoms with E-state index in [0.29, 0.717) is 38.2 Å². The number of hydrogen-bond donors (Lipinski definition) is 3. The Morgan fingerprint density at radius 2 is 1.74 bits per heavy atom. The van der Waals surface area contributed by atoms with Crippen molar-refractivity contribution in [2.45, 2.75) is 19.3 Å². The molecule has 0 unspecified atom stereocenters. The molecule has 3 aromatic rings. The maximum absolute atomic E-state index is 14.9. The van der Waals surface area contributed by atoms with Crippen LogP contribution in [0.3, 0.4) is 0 Å². The number of nitrogens with zero attached hydrogens (tertiary/aromatic N) is 3. The van der Waals surface area contributed by atoms with E-state index in [1.807, 2.05) is 0 Å². The number of oxime groups is 1. The lowest BCUT2D eigenvalue weighted by Gasteiger charge is -2.16. The summed E-state index contributed by atoms with van der Waals surface area (Å²) in [6.45, 7) is 0.825. The molecule has 0 atom stereocenters. The first kappa shape index (κ1) is 27.4. The summed E-state index contributed by atoms with van der Waals surface area (Å²) in [6, 6.07) is 8.96. The molecule has 4 rings (SSSR count). The van der Waals surface area contributed by atoms with Crippen LogP contribution in [0, 0.1) is 17.0 Å². The average Bonchev–Trinajstić information content (AvgIpc) is 3.73. The molecule has 1 fully saturated rings. The Balaban J connectivity index is 1.40. The zero-order valence-corrected chi connectivity index (χ0v) is 20.9. The second-order valence-corrected chi connectivity index (χ2v) is 8.64. The van der Waals surface area contributed by atoms with Crippen LogP contribution in [0.4, 0.5) is 26.0 Å². The zero-order valence-electron chi connectivity index (χ0n) is 20.9. The Hall–Kier alpha value is -4.65. The molecule has 13 heteroatoms. The molecule has 0 bridgehead atoms. The molecule has 1 aliphatic rings. The number of carbonyl (C=O) groups excluding carboxylic acids is 2. The molecular formula is C26H26F2N6O5. The number of benzene rings is 2. The van der Waals surface area contributed by atoms with Gasteiger partial charge in [-0.05, 0) is 49.2 Å². The molecule has 2 amide bonds. The summed E-state index contributed by atoms with van der Waals surface area (Å²) >= 11 is 0. The van der Waals surface area contributed by atoms with Gasteiger partial charge in [0.15, 0.2) is 11.6 Å². The normalized spacial score (nSPS) is 13.6. The van der Waals surface area contributed by atoms with E-state index < -0.39 is 28.9 Å². The van der Waals surface area contributed by atoms with Gasteiger partial charge in [-0.1, -0.05) is 5.16 Å². The fourth-order valence-corrected chi connectivity index (χ4v) is 3.49. The molecule has 39 heavy (non-hydrogen) atoms. The number of rotatable bonds is 12. The number of nitrogens with one attached hydrogen (secondary N) is 2. The molecule has 4 N–H and O–H groups in total. The zero-order chi connectivity index (χ0) is 27.8. The number of aromatic nitrogens is 2. The van der Waals surface area contributed by atoms with Gasteiger partial charge in [-0.2, -0.15) is 0 Å². The lowest BCUT2D eigenvalue weighted by molar-refractivity contribution is -0.131. The molecule has 0 aliphatic heterocycles. The minimum absolute atomic E-state index is 0.0437. The third kappa shape index (κ3) is 6.82. The van der Waals surface area contributed by atoms with Crippen molar-refractivity contribution in [1.82, 2.24) is 9.97 Å². The van der Waals surface area contributed by atoms with Crippen LogP contribution in [0.2, 0.25) is 0 Å². The lowest BCUT2D eigenvalue weighted by Crippen LogP contribution is -2.35. The van der Waals surface area contributed by atoms with Crippen molar-refractivity contribution in [3.63, 3.8) is 0 Å². The van der Waals surface area contributed by atoms with E-state index in [9.17, 15) is 18.4 Å². The molecular weight excluding hydrogens is 514 g/mol. The third-order valence-electron chi connectivity index (χ3n) is 5.84. The molecule has 11 nitrogen and oxygen atoms in total. The Morgan fingerprint density at radius 1 is 1.05 bits per heavy atom. The van der Waals surface area contributed by atoms with Gasteiger partial charge in [0.25, 0.3) is 0 Å². The summed E-state index contributed by atoms with van der Waals surface area (Å²) in [5, 5.41) is 9.00. The van der Waals surface area contributed by atoms with Gasteiger partial charge >= 0.3 is 0 Å². The number of amides is 2. The van der Waals surface area contributed by atoms with Crippen LogP contribution in [0.25, 0.3) is 0 Å². The van der Waals surface area contributed by atoms with Gasteiger partial charge in [0.1, 0.15) is 35.5 Å². The molecule has 204 valence electrons. The third-order valence-corrected chi connectivity index (χ3v) is 5.84. The molecule has 0 radical (unpaired) electrons. The summed E-state index contributed by atoms with van der Waals surface area (Å²) in [5.74, 6) is -2.56. The first-order valence-electron chi connectivity index (χ1n) is 11.9. The van der Waals surface area contributed by atoms with Crippen LogP contribution in [0.5, 0.6) is 11.6 Å². The van der Waals surface area contributed by atoms with Crippen molar-refractivity contribution in [1.29, 1.82) is 0 Å². The molecule has 1 saturated carbocycles. The summed E-state index contributed by atoms with van der Waals surface area (Å²) < 4.78 is 38.5. The topological polar surface area (TPSA) is 150 Å². The fourth-order valence-electron chi connectivity index (χ4n) is 3.49. The van der Waals surface area contributed by atoms with Gasteiger partial charge in [-0.3, -0.25) is 9.59 Å². The smallest absolute Gasteiger partial charge is 0.240 e. The Bertz CT molecular complexity index is 1370. The van der Waals surface area contributed by atoms with Crippen LogP contribution >= 0.6 is 0 Å². The maximum Gasteiger partial charge on any atom is 0.240 e. The standard InChI is InChI=1S/C26H26F2N6O5/c1-37-11-2-12-38-32-14-19-22(29)30-15-31-23(19)39-21-8-7-18(13-20(21)28)34-25(36)26(9-10-26)24(35)33-17-5-3-16(27)4-6-17/h3-8,13-15H,2,9-12H2,1H3,(H,33,35)(H,34,36)(H2,29,30,31)/b32-14+. The van der Waals surface area contributed by atoms with Crippen molar-refractivity contribution in [3.8, 4) is 11.6 Å². The van der Waals surface area contributed by atoms with Crippen LogP contribution in [-0.4, -0.2) is 48.3 Å². The van der Waals surface area contributed by atoms with E-state index >= 15 is 0 Å². The Morgan fingerprint density at radius 3 is 2.41 bits per heavy atom. The van der Waals surface area contributed by atoms with E-state index in [2.05, 4.69) is 25.8 Å². The number of halogens is 2. The lowest BCUT2D eigenvalue weighted by atomic mass is 10.0. The average molecular weight is 541 g/mol. The van der Waals surface area contributed by atoms with Crippen LogP contribution in [0.15, 0.2) is 53.9 Å². The van der Waals surface area contributed by atoms with Crippen LogP contribution < -0.4 is 21.1 Å². The van der Waals surface area contributed by atoms with Crippen molar-refractivity contribution in [3.05, 3.63) is 66.0 Å². The SMILES string of the molecule is COCCCO/N=C/c1c(N)ncnc1Oc1ccc(NC(=O)C2(C(=O)Nc3ccc(F)cc3)CC2)cc1F. The van der Waals surface area contributed by atoms with Gasteiger partial charge in [0, 0.05) is 37.6 Å². The highest BCUT2D eigenvalue weighted by atomic mass is 19.1. The summed E-state index contributed by atoms with van der Waals surface area (Å²) in [7, 11) is 1.58. The summed E-state index contributed by atoms with van der Waals surface area (Å²) in [6.07, 6.45) is 3.69. The van der Waals surface area contributed by atoms with E-state index in [4.69, 9.17) is 20.0 Å². The van der Waals surface area contributed by atoms with E-state index in [-0.39, 0.29) is 28.7 Å². The Labute approximate surface area is 222 Å². The van der Waals surface area contributed by atoms with Gasteiger partial charge in [-0.25, -0.2) is 18.7 Å². The summed E-state index contributed by atoms with van der Waals surface area (Å²) in [5.41, 5.74) is 5.27. The van der Waals surface area contributed by atoms with E-state index in [0.717, 1.165) is 12.4 Å². The minimum atomic E-state index is -1.29. The van der Waals surface area contributed by atoms with E-state index in [1.54, 1.807) is 7.11 Å². The predicted octanol–water partition coefficient (Wildman–Crippen LogP) is 3.87. The molecule has 1 aromatic heterocycles. The van der Waals surface area contributed by atoms with Crippen LogP contribution in [0.1, 0.15) is 24.8 Å². The highest BCUT2D eigenvalue weighted by Gasteiger charge is 2.56. The minimum Gasteiger partial charge on any atom is -0.435 e. The number of hydrogen-bond acceptors (Lipinski definition) is 9.